The van der Waals surface area contributed by atoms with Gasteiger partial charge in [0, 0.05) is 32.7 Å². The Morgan fingerprint density at radius 3 is 1.92 bits per heavy atom. The van der Waals surface area contributed by atoms with Gasteiger partial charge in [-0.05, 0) is 90.8 Å². The van der Waals surface area contributed by atoms with E-state index in [-0.39, 0.29) is 42.5 Å². The molecule has 0 spiro atoms. The van der Waals surface area contributed by atoms with Crippen molar-refractivity contribution in [2.45, 2.75) is 39.2 Å². The van der Waals surface area contributed by atoms with Crippen molar-refractivity contribution in [3.05, 3.63) is 112 Å². The van der Waals surface area contributed by atoms with Gasteiger partial charge in [-0.3, -0.25) is 9.80 Å². The predicted molar refractivity (Wildman–Crippen MR) is 154 cm³/mol. The van der Waals surface area contributed by atoms with Crippen LogP contribution in [0.15, 0.2) is 66.7 Å². The summed E-state index contributed by atoms with van der Waals surface area (Å²) in [6.07, 6.45) is 6.02. The van der Waals surface area contributed by atoms with Gasteiger partial charge in [-0.15, -0.1) is 24.8 Å². The Morgan fingerprint density at radius 2 is 1.35 bits per heavy atom. The number of piperazine rings is 1. The molecular formula is C31H36Cl2F2N2. The van der Waals surface area contributed by atoms with Crippen molar-refractivity contribution in [3.8, 4) is 0 Å². The SMILES string of the molecule is Cc1cc(C)c2c(c1)C(=CCN1CCN(C(c3ccc(F)cc3)c3ccc(F)cc3)CC1)CCC2.Cl.Cl. The van der Waals surface area contributed by atoms with Crippen molar-refractivity contribution in [1.82, 2.24) is 9.80 Å². The first kappa shape index (κ1) is 29.3. The normalized spacial score (nSPS) is 17.3. The van der Waals surface area contributed by atoms with E-state index in [0.29, 0.717) is 0 Å². The Balaban J connectivity index is 0.00000190. The third-order valence-electron chi connectivity index (χ3n) is 7.58. The number of hydrogen-bond donors (Lipinski definition) is 0. The van der Waals surface area contributed by atoms with Gasteiger partial charge in [0.05, 0.1) is 6.04 Å². The fourth-order valence-corrected chi connectivity index (χ4v) is 5.77. The average molecular weight is 546 g/mol. The maximum atomic E-state index is 13.6. The van der Waals surface area contributed by atoms with Gasteiger partial charge in [-0.25, -0.2) is 8.78 Å². The highest BCUT2D eigenvalue weighted by molar-refractivity contribution is 5.85. The zero-order valence-corrected chi connectivity index (χ0v) is 23.2. The molecular weight excluding hydrogens is 509 g/mol. The number of nitrogens with zero attached hydrogens (tertiary/aromatic N) is 2. The first-order chi connectivity index (χ1) is 17.0. The first-order valence-electron chi connectivity index (χ1n) is 12.7. The number of aryl methyl sites for hydroxylation is 2. The van der Waals surface area contributed by atoms with Gasteiger partial charge in [0.25, 0.3) is 0 Å². The summed E-state index contributed by atoms with van der Waals surface area (Å²) in [7, 11) is 0. The molecule has 1 saturated heterocycles. The molecule has 2 nitrogen and oxygen atoms in total. The number of fused-ring (bicyclic) bond motifs is 1. The van der Waals surface area contributed by atoms with Crippen molar-refractivity contribution in [1.29, 1.82) is 0 Å². The van der Waals surface area contributed by atoms with Crippen LogP contribution < -0.4 is 0 Å². The molecule has 0 bridgehead atoms. The van der Waals surface area contributed by atoms with Gasteiger partial charge in [-0.1, -0.05) is 48.0 Å². The van der Waals surface area contributed by atoms with Crippen LogP contribution in [-0.4, -0.2) is 42.5 Å². The maximum absolute atomic E-state index is 13.6. The Hall–Kier alpha value is -2.24. The highest BCUT2D eigenvalue weighted by Crippen LogP contribution is 2.34. The lowest BCUT2D eigenvalue weighted by atomic mass is 9.83. The quantitative estimate of drug-likeness (QED) is 0.327. The van der Waals surface area contributed by atoms with E-state index in [1.54, 1.807) is 0 Å². The Morgan fingerprint density at radius 1 is 0.784 bits per heavy atom. The first-order valence-corrected chi connectivity index (χ1v) is 12.7. The molecule has 0 saturated carbocycles. The van der Waals surface area contributed by atoms with Gasteiger partial charge < -0.3 is 0 Å². The lowest BCUT2D eigenvalue weighted by Gasteiger charge is -2.39. The van der Waals surface area contributed by atoms with Crippen LogP contribution in [0.5, 0.6) is 0 Å². The molecule has 1 aliphatic heterocycles. The summed E-state index contributed by atoms with van der Waals surface area (Å²) in [5.74, 6) is -0.474. The molecule has 0 unspecified atom stereocenters. The summed E-state index contributed by atoms with van der Waals surface area (Å²) in [6.45, 7) is 9.18. The van der Waals surface area contributed by atoms with Crippen LogP contribution in [0.3, 0.4) is 0 Å². The van der Waals surface area contributed by atoms with Crippen LogP contribution in [0.2, 0.25) is 0 Å². The summed E-state index contributed by atoms with van der Waals surface area (Å²) in [5, 5.41) is 0. The lowest BCUT2D eigenvalue weighted by Crippen LogP contribution is -2.47. The Labute approximate surface area is 232 Å². The van der Waals surface area contributed by atoms with Crippen molar-refractivity contribution in [3.63, 3.8) is 0 Å². The van der Waals surface area contributed by atoms with E-state index in [2.05, 4.69) is 41.9 Å². The molecule has 2 aliphatic rings. The number of allylic oxidation sites excluding steroid dienone is 1. The minimum absolute atomic E-state index is 0. The van der Waals surface area contributed by atoms with Crippen LogP contribution in [0.25, 0.3) is 5.57 Å². The fourth-order valence-electron chi connectivity index (χ4n) is 5.77. The summed E-state index contributed by atoms with van der Waals surface area (Å²) in [6, 6.07) is 18.1. The van der Waals surface area contributed by atoms with Crippen molar-refractivity contribution >= 4 is 30.4 Å². The monoisotopic (exact) mass is 544 g/mol. The summed E-state index contributed by atoms with van der Waals surface area (Å²) < 4.78 is 27.2. The standard InChI is InChI=1S/C31H34F2N2.2ClH/c1-22-20-23(2)29-5-3-4-24(30(29)21-22)14-15-34-16-18-35(19-17-34)31(25-6-10-27(32)11-7-25)26-8-12-28(33)13-9-26;;/h6-14,20-21,31H,3-5,15-19H2,1-2H3;2*1H. The number of rotatable bonds is 5. The Kier molecular flexibility index (Phi) is 10.3. The minimum atomic E-state index is -0.237. The summed E-state index contributed by atoms with van der Waals surface area (Å²) >= 11 is 0. The van der Waals surface area contributed by atoms with Crippen LogP contribution in [-0.2, 0) is 6.42 Å². The second-order valence-corrected chi connectivity index (χ2v) is 10.0. The molecule has 0 atom stereocenters. The van der Waals surface area contributed by atoms with E-state index in [1.807, 2.05) is 24.3 Å². The van der Waals surface area contributed by atoms with Gasteiger partial charge in [0.2, 0.25) is 0 Å². The van der Waals surface area contributed by atoms with Crippen LogP contribution >= 0.6 is 24.8 Å². The largest absolute Gasteiger partial charge is 0.297 e. The number of hydrogen-bond acceptors (Lipinski definition) is 2. The predicted octanol–water partition coefficient (Wildman–Crippen LogP) is 7.55. The van der Waals surface area contributed by atoms with E-state index in [4.69, 9.17) is 0 Å². The van der Waals surface area contributed by atoms with Gasteiger partial charge in [0.1, 0.15) is 11.6 Å². The van der Waals surface area contributed by atoms with Crippen molar-refractivity contribution < 1.29 is 8.78 Å². The molecule has 1 aliphatic carbocycles. The summed E-state index contributed by atoms with van der Waals surface area (Å²) in [4.78, 5) is 4.96. The number of halogens is 4. The van der Waals surface area contributed by atoms with Crippen LogP contribution in [0, 0.1) is 25.5 Å². The smallest absolute Gasteiger partial charge is 0.123 e. The van der Waals surface area contributed by atoms with E-state index < -0.39 is 0 Å². The molecule has 1 heterocycles. The molecule has 5 rings (SSSR count). The zero-order chi connectivity index (χ0) is 24.4. The van der Waals surface area contributed by atoms with Gasteiger partial charge in [0.15, 0.2) is 0 Å². The molecule has 0 aromatic heterocycles. The van der Waals surface area contributed by atoms with E-state index in [1.165, 1.54) is 64.9 Å². The van der Waals surface area contributed by atoms with E-state index in [0.717, 1.165) is 50.3 Å². The van der Waals surface area contributed by atoms with Gasteiger partial charge in [-0.2, -0.15) is 0 Å². The zero-order valence-electron chi connectivity index (χ0n) is 21.6. The molecule has 3 aromatic rings. The van der Waals surface area contributed by atoms with Crippen LogP contribution in [0.1, 0.15) is 52.3 Å². The third kappa shape index (κ3) is 6.80. The molecule has 0 radical (unpaired) electrons. The molecule has 6 heteroatoms. The highest BCUT2D eigenvalue weighted by atomic mass is 35.5. The number of benzene rings is 3. The summed E-state index contributed by atoms with van der Waals surface area (Å²) in [5.41, 5.74) is 9.33. The molecule has 1 fully saturated rings. The second-order valence-electron chi connectivity index (χ2n) is 10.0. The Bertz CT molecular complexity index is 1160. The molecule has 37 heavy (non-hydrogen) atoms. The lowest BCUT2D eigenvalue weighted by molar-refractivity contribution is 0.117. The fraction of sp³-hybridized carbons (Fsp3) is 0.355. The van der Waals surface area contributed by atoms with E-state index in [9.17, 15) is 8.78 Å². The molecule has 3 aromatic carbocycles. The highest BCUT2D eigenvalue weighted by Gasteiger charge is 2.26. The molecule has 198 valence electrons. The molecule has 0 N–H and O–H groups in total. The van der Waals surface area contributed by atoms with Gasteiger partial charge >= 0.3 is 0 Å². The van der Waals surface area contributed by atoms with Crippen molar-refractivity contribution in [2.24, 2.45) is 0 Å². The second kappa shape index (κ2) is 13.0. The third-order valence-corrected chi connectivity index (χ3v) is 7.58. The average Bonchev–Trinajstić information content (AvgIpc) is 2.86. The minimum Gasteiger partial charge on any atom is -0.297 e. The van der Waals surface area contributed by atoms with Crippen molar-refractivity contribution in [2.75, 3.05) is 32.7 Å². The van der Waals surface area contributed by atoms with E-state index >= 15 is 0 Å². The topological polar surface area (TPSA) is 6.48 Å². The molecule has 0 amide bonds. The maximum Gasteiger partial charge on any atom is 0.123 e. The van der Waals surface area contributed by atoms with Crippen LogP contribution in [0.4, 0.5) is 8.78 Å².